The highest BCUT2D eigenvalue weighted by molar-refractivity contribution is 5.87. The number of rotatable bonds is 4. The number of benzene rings is 1. The van der Waals surface area contributed by atoms with E-state index >= 15 is 0 Å². The van der Waals surface area contributed by atoms with Crippen LogP contribution in [0, 0.1) is 0 Å². The maximum atomic E-state index is 12.1. The molecule has 7 nitrogen and oxygen atoms in total. The van der Waals surface area contributed by atoms with Gasteiger partial charge >= 0.3 is 5.97 Å². The number of nitrogens with one attached hydrogen (secondary N) is 1. The van der Waals surface area contributed by atoms with Crippen LogP contribution in [0.4, 0.5) is 0 Å². The van der Waals surface area contributed by atoms with Gasteiger partial charge in [0.1, 0.15) is 17.3 Å². The average Bonchev–Trinajstić information content (AvgIpc) is 2.58. The maximum Gasteiger partial charge on any atom is 0.307 e. The fraction of sp³-hybridized carbons (Fsp3) is 0.353. The number of nitrogens with zero attached hydrogens (tertiary/aromatic N) is 2. The summed E-state index contributed by atoms with van der Waals surface area (Å²) in [6.07, 6.45) is 0.00116. The number of fused-ring (bicyclic) bond motifs is 1. The number of phenols is 1. The smallest absolute Gasteiger partial charge is 0.307 e. The second kappa shape index (κ2) is 6.84. The van der Waals surface area contributed by atoms with E-state index in [2.05, 4.69) is 15.0 Å². The molecule has 126 valence electrons. The standard InChI is InChI=1S/C17H19N3O4/c1-24-15(22)9-13-17(23)18-7-8-20(13)10-12-6-5-11-3-2-4-14(21)16(11)19-12/h2-6,13,21H,7-10H2,1H3,(H,18,23). The number of carbonyl (C=O) groups is 2. The number of esters is 1. The zero-order valence-electron chi connectivity index (χ0n) is 13.4. The van der Waals surface area contributed by atoms with E-state index in [1.807, 2.05) is 23.1 Å². The van der Waals surface area contributed by atoms with Gasteiger partial charge in [-0.2, -0.15) is 0 Å². The molecule has 1 fully saturated rings. The lowest BCUT2D eigenvalue weighted by molar-refractivity contribution is -0.146. The molecule has 2 aromatic rings. The summed E-state index contributed by atoms with van der Waals surface area (Å²) in [5.74, 6) is -0.488. The summed E-state index contributed by atoms with van der Waals surface area (Å²) in [5.41, 5.74) is 1.26. The first-order chi connectivity index (χ1) is 11.6. The van der Waals surface area contributed by atoms with Gasteiger partial charge in [-0.25, -0.2) is 4.98 Å². The summed E-state index contributed by atoms with van der Waals surface area (Å²) in [6, 6.07) is 8.40. The molecule has 0 spiro atoms. The van der Waals surface area contributed by atoms with E-state index in [9.17, 15) is 14.7 Å². The van der Waals surface area contributed by atoms with Gasteiger partial charge in [-0.1, -0.05) is 18.2 Å². The van der Waals surface area contributed by atoms with E-state index in [0.717, 1.165) is 11.1 Å². The summed E-state index contributed by atoms with van der Waals surface area (Å²) in [6.45, 7) is 1.56. The predicted octanol–water partition coefficient (Wildman–Crippen LogP) is 0.804. The second-order valence-corrected chi connectivity index (χ2v) is 5.71. The molecule has 2 N–H and O–H groups in total. The SMILES string of the molecule is COC(=O)CC1C(=O)NCCN1Cc1ccc2cccc(O)c2n1. The molecule has 0 radical (unpaired) electrons. The molecule has 1 aromatic carbocycles. The van der Waals surface area contributed by atoms with E-state index in [0.29, 0.717) is 25.2 Å². The Hall–Kier alpha value is -2.67. The highest BCUT2D eigenvalue weighted by atomic mass is 16.5. The van der Waals surface area contributed by atoms with Gasteiger partial charge in [-0.15, -0.1) is 0 Å². The van der Waals surface area contributed by atoms with Gasteiger partial charge < -0.3 is 15.2 Å². The number of piperazine rings is 1. The van der Waals surface area contributed by atoms with Crippen molar-refractivity contribution in [3.63, 3.8) is 0 Å². The Kier molecular flexibility index (Phi) is 4.61. The molecule has 1 aliphatic heterocycles. The highest BCUT2D eigenvalue weighted by Gasteiger charge is 2.32. The molecule has 1 saturated heterocycles. The largest absolute Gasteiger partial charge is 0.506 e. The number of aromatic nitrogens is 1. The van der Waals surface area contributed by atoms with Crippen LogP contribution in [-0.2, 0) is 20.9 Å². The minimum Gasteiger partial charge on any atom is -0.506 e. The zero-order chi connectivity index (χ0) is 17.1. The first-order valence-electron chi connectivity index (χ1n) is 7.74. The van der Waals surface area contributed by atoms with E-state index in [-0.39, 0.29) is 18.1 Å². The fourth-order valence-corrected chi connectivity index (χ4v) is 2.88. The van der Waals surface area contributed by atoms with E-state index in [4.69, 9.17) is 0 Å². The molecule has 1 atom stereocenters. The number of phenolic OH excluding ortho intramolecular Hbond substituents is 1. The van der Waals surface area contributed by atoms with Gasteiger partial charge in [0, 0.05) is 25.0 Å². The van der Waals surface area contributed by atoms with Crippen LogP contribution in [0.3, 0.4) is 0 Å². The van der Waals surface area contributed by atoms with Crippen molar-refractivity contribution in [2.24, 2.45) is 0 Å². The van der Waals surface area contributed by atoms with Crippen LogP contribution in [0.2, 0.25) is 0 Å². The Labute approximate surface area is 139 Å². The van der Waals surface area contributed by atoms with Crippen LogP contribution >= 0.6 is 0 Å². The van der Waals surface area contributed by atoms with E-state index < -0.39 is 12.0 Å². The maximum absolute atomic E-state index is 12.1. The number of pyridine rings is 1. The lowest BCUT2D eigenvalue weighted by Crippen LogP contribution is -2.55. The minimum atomic E-state index is -0.576. The number of ether oxygens (including phenoxy) is 1. The quantitative estimate of drug-likeness (QED) is 0.807. The molecule has 0 bridgehead atoms. The van der Waals surface area contributed by atoms with Crippen molar-refractivity contribution in [3.8, 4) is 5.75 Å². The van der Waals surface area contributed by atoms with Crippen LogP contribution in [0.5, 0.6) is 5.75 Å². The van der Waals surface area contributed by atoms with Gasteiger partial charge in [0.2, 0.25) is 5.91 Å². The molecule has 24 heavy (non-hydrogen) atoms. The summed E-state index contributed by atoms with van der Waals surface area (Å²) in [5, 5.41) is 13.6. The number of carbonyl (C=O) groups excluding carboxylic acids is 2. The van der Waals surface area contributed by atoms with Crippen LogP contribution in [0.25, 0.3) is 10.9 Å². The lowest BCUT2D eigenvalue weighted by atomic mass is 10.1. The van der Waals surface area contributed by atoms with Gasteiger partial charge in [-0.3, -0.25) is 14.5 Å². The Morgan fingerprint density at radius 1 is 1.42 bits per heavy atom. The van der Waals surface area contributed by atoms with Crippen LogP contribution in [0.1, 0.15) is 12.1 Å². The monoisotopic (exact) mass is 329 g/mol. The van der Waals surface area contributed by atoms with Gasteiger partial charge in [-0.05, 0) is 12.1 Å². The number of amides is 1. The lowest BCUT2D eigenvalue weighted by Gasteiger charge is -2.34. The number of para-hydroxylation sites is 1. The molecule has 2 heterocycles. The summed E-state index contributed by atoms with van der Waals surface area (Å²) in [7, 11) is 1.31. The third-order valence-electron chi connectivity index (χ3n) is 4.15. The molecule has 0 saturated carbocycles. The average molecular weight is 329 g/mol. The molecule has 0 aliphatic carbocycles. The second-order valence-electron chi connectivity index (χ2n) is 5.71. The van der Waals surface area contributed by atoms with Crippen LogP contribution in [-0.4, -0.2) is 53.1 Å². The fourth-order valence-electron chi connectivity index (χ4n) is 2.88. The molecule has 1 unspecified atom stereocenters. The molecular weight excluding hydrogens is 310 g/mol. The normalized spacial score (nSPS) is 18.4. The number of aromatic hydroxyl groups is 1. The van der Waals surface area contributed by atoms with Crippen molar-refractivity contribution in [2.75, 3.05) is 20.2 Å². The zero-order valence-corrected chi connectivity index (χ0v) is 13.4. The molecular formula is C17H19N3O4. The first kappa shape index (κ1) is 16.2. The molecule has 1 amide bonds. The van der Waals surface area contributed by atoms with E-state index in [1.54, 1.807) is 12.1 Å². The van der Waals surface area contributed by atoms with Crippen LogP contribution < -0.4 is 5.32 Å². The molecule has 3 rings (SSSR count). The third kappa shape index (κ3) is 3.30. The molecule has 7 heteroatoms. The molecule has 1 aromatic heterocycles. The topological polar surface area (TPSA) is 91.8 Å². The van der Waals surface area contributed by atoms with Crippen molar-refractivity contribution in [1.29, 1.82) is 0 Å². The summed E-state index contributed by atoms with van der Waals surface area (Å²) < 4.78 is 4.68. The predicted molar refractivity (Wildman–Crippen MR) is 87.2 cm³/mol. The number of methoxy groups -OCH3 is 1. The van der Waals surface area contributed by atoms with Gasteiger partial charge in [0.15, 0.2) is 0 Å². The Morgan fingerprint density at radius 2 is 2.25 bits per heavy atom. The Morgan fingerprint density at radius 3 is 3.04 bits per heavy atom. The van der Waals surface area contributed by atoms with Crippen molar-refractivity contribution < 1.29 is 19.4 Å². The highest BCUT2D eigenvalue weighted by Crippen LogP contribution is 2.23. The van der Waals surface area contributed by atoms with Gasteiger partial charge in [0.25, 0.3) is 0 Å². The van der Waals surface area contributed by atoms with Gasteiger partial charge in [0.05, 0.1) is 19.2 Å². The van der Waals surface area contributed by atoms with Crippen molar-refractivity contribution in [3.05, 3.63) is 36.0 Å². The summed E-state index contributed by atoms with van der Waals surface area (Å²) >= 11 is 0. The Balaban J connectivity index is 1.83. The van der Waals surface area contributed by atoms with Crippen LogP contribution in [0.15, 0.2) is 30.3 Å². The number of hydrogen-bond acceptors (Lipinski definition) is 6. The van der Waals surface area contributed by atoms with E-state index in [1.165, 1.54) is 7.11 Å². The first-order valence-corrected chi connectivity index (χ1v) is 7.74. The number of hydrogen-bond donors (Lipinski definition) is 2. The Bertz CT molecular complexity index is 778. The van der Waals surface area contributed by atoms with Crippen molar-refractivity contribution in [1.82, 2.24) is 15.2 Å². The van der Waals surface area contributed by atoms with Crippen molar-refractivity contribution >= 4 is 22.8 Å². The molecule has 1 aliphatic rings. The summed E-state index contributed by atoms with van der Waals surface area (Å²) in [4.78, 5) is 30.1. The third-order valence-corrected chi connectivity index (χ3v) is 4.15. The minimum absolute atomic E-state index is 0.00116. The van der Waals surface area contributed by atoms with Crippen molar-refractivity contribution in [2.45, 2.75) is 19.0 Å².